The maximum absolute atomic E-state index is 14.1. The lowest BCUT2D eigenvalue weighted by Gasteiger charge is -2.36. The second-order valence-corrected chi connectivity index (χ2v) is 12.8. The van der Waals surface area contributed by atoms with Gasteiger partial charge in [0.15, 0.2) is 5.60 Å². The van der Waals surface area contributed by atoms with E-state index in [1.165, 1.54) is 0 Å². The Hall–Kier alpha value is -4.27. The number of carbonyl (C=O) groups is 3. The Balaban J connectivity index is 1.17. The molecule has 3 atom stereocenters. The van der Waals surface area contributed by atoms with Gasteiger partial charge < -0.3 is 24.9 Å². The molecule has 1 fully saturated rings. The molecule has 3 aromatic rings. The minimum atomic E-state index is -1.80. The molecule has 3 heterocycles. The molecule has 0 aromatic heterocycles. The first-order chi connectivity index (χ1) is 22.3. The highest BCUT2D eigenvalue weighted by Crippen LogP contribution is 2.45. The molecule has 8 nitrogen and oxygen atoms in total. The van der Waals surface area contributed by atoms with Crippen LogP contribution in [0.2, 0.25) is 0 Å². The number of fused-ring (bicyclic) bond motifs is 2. The summed E-state index contributed by atoms with van der Waals surface area (Å²) in [6.07, 6.45) is 8.78. The van der Waals surface area contributed by atoms with Crippen LogP contribution in [0.3, 0.4) is 0 Å². The number of hydrogen-bond donors (Lipinski definition) is 2. The predicted octanol–water partition coefficient (Wildman–Crippen LogP) is 5.25. The summed E-state index contributed by atoms with van der Waals surface area (Å²) in [5.74, 6) is -1.01. The summed E-state index contributed by atoms with van der Waals surface area (Å²) in [5, 5.41) is 22.0. The number of nitrogens with zero attached hydrogens (tertiary/aromatic N) is 3. The zero-order valence-electron chi connectivity index (χ0n) is 26.5. The fourth-order valence-electron chi connectivity index (χ4n) is 7.17. The highest BCUT2D eigenvalue weighted by atomic mass is 16.3. The summed E-state index contributed by atoms with van der Waals surface area (Å²) in [6, 6.07) is 22.8. The summed E-state index contributed by atoms with van der Waals surface area (Å²) in [4.78, 5) is 45.4. The molecule has 0 saturated carbocycles. The number of benzene rings is 3. The van der Waals surface area contributed by atoms with Crippen LogP contribution in [0.5, 0.6) is 0 Å². The van der Waals surface area contributed by atoms with E-state index in [-0.39, 0.29) is 37.4 Å². The SMILES string of the molecule is C[C@@H](/C=C/CC(=O)N1Cc2ccccc2C[C@H]1CO)[C@]1(O)C(=O)N(Cc2cccc(N3CCCCCCC3=O)c2)c2ccccc21. The van der Waals surface area contributed by atoms with Crippen LogP contribution in [0.25, 0.3) is 0 Å². The molecule has 2 N–H and O–H groups in total. The van der Waals surface area contributed by atoms with Crippen molar-refractivity contribution in [1.82, 2.24) is 4.90 Å². The summed E-state index contributed by atoms with van der Waals surface area (Å²) < 4.78 is 0. The number of aliphatic hydroxyl groups excluding tert-OH is 1. The maximum Gasteiger partial charge on any atom is 0.264 e. The number of aliphatic hydroxyl groups is 2. The lowest BCUT2D eigenvalue weighted by atomic mass is 9.83. The van der Waals surface area contributed by atoms with Crippen molar-refractivity contribution < 1.29 is 24.6 Å². The largest absolute Gasteiger partial charge is 0.394 e. The molecule has 8 heteroatoms. The van der Waals surface area contributed by atoms with Crippen LogP contribution in [0.4, 0.5) is 11.4 Å². The third-order valence-electron chi connectivity index (χ3n) is 9.83. The number of amides is 3. The van der Waals surface area contributed by atoms with Crippen molar-refractivity contribution in [3.05, 3.63) is 107 Å². The van der Waals surface area contributed by atoms with Crippen LogP contribution < -0.4 is 9.80 Å². The Morgan fingerprint density at radius 1 is 0.978 bits per heavy atom. The lowest BCUT2D eigenvalue weighted by molar-refractivity contribution is -0.139. The zero-order chi connectivity index (χ0) is 32.3. The van der Waals surface area contributed by atoms with Gasteiger partial charge in [-0.25, -0.2) is 0 Å². The first-order valence-electron chi connectivity index (χ1n) is 16.5. The molecule has 3 amide bonds. The van der Waals surface area contributed by atoms with Crippen LogP contribution in [-0.2, 0) is 39.5 Å². The van der Waals surface area contributed by atoms with Gasteiger partial charge in [0.2, 0.25) is 11.8 Å². The number of anilines is 2. The second kappa shape index (κ2) is 13.6. The number of carbonyl (C=O) groups excluding carboxylic acids is 3. The van der Waals surface area contributed by atoms with Crippen molar-refractivity contribution in [2.75, 3.05) is 23.0 Å². The molecule has 0 radical (unpaired) electrons. The van der Waals surface area contributed by atoms with Gasteiger partial charge >= 0.3 is 0 Å². The highest BCUT2D eigenvalue weighted by Gasteiger charge is 2.52. The average molecular weight is 622 g/mol. The Morgan fingerprint density at radius 2 is 1.74 bits per heavy atom. The molecule has 3 aliphatic heterocycles. The molecule has 1 saturated heterocycles. The average Bonchev–Trinajstić information content (AvgIpc) is 3.28. The van der Waals surface area contributed by atoms with E-state index in [1.807, 2.05) is 71.6 Å². The van der Waals surface area contributed by atoms with E-state index < -0.39 is 17.4 Å². The van der Waals surface area contributed by atoms with E-state index >= 15 is 0 Å². The molecule has 0 spiro atoms. The first kappa shape index (κ1) is 31.7. The zero-order valence-corrected chi connectivity index (χ0v) is 26.5. The standard InChI is InChI=1S/C38H43N3O5/c1-27(12-10-20-36(44)40-25-30-15-6-5-14-29(30)23-32(40)26-42)38(46)33-17-7-8-18-34(33)41(37(38)45)24-28-13-11-16-31(22-28)39-21-9-3-2-4-19-35(39)43/h5-8,10-18,22,27,32,42,46H,2-4,9,19-21,23-26H2,1H3/b12-10+/t27-,32-,38+/m0/s1. The number of rotatable bonds is 8. The Morgan fingerprint density at radius 3 is 2.57 bits per heavy atom. The maximum atomic E-state index is 14.1. The third-order valence-corrected chi connectivity index (χ3v) is 9.83. The fraction of sp³-hybridized carbons (Fsp3) is 0.395. The Kier molecular flexibility index (Phi) is 9.38. The number of para-hydroxylation sites is 1. The van der Waals surface area contributed by atoms with E-state index in [0.717, 1.165) is 48.1 Å². The summed E-state index contributed by atoms with van der Waals surface area (Å²) in [5.41, 5.74) is 3.32. The molecule has 0 aliphatic carbocycles. The van der Waals surface area contributed by atoms with Gasteiger partial charge in [-0.2, -0.15) is 0 Å². The van der Waals surface area contributed by atoms with Gasteiger partial charge in [0.1, 0.15) is 0 Å². The molecule has 3 aliphatic rings. The lowest BCUT2D eigenvalue weighted by Crippen LogP contribution is -2.46. The van der Waals surface area contributed by atoms with E-state index in [1.54, 1.807) is 34.9 Å². The van der Waals surface area contributed by atoms with Gasteiger partial charge in [-0.05, 0) is 54.2 Å². The van der Waals surface area contributed by atoms with Crippen molar-refractivity contribution in [2.24, 2.45) is 5.92 Å². The monoisotopic (exact) mass is 621 g/mol. The van der Waals surface area contributed by atoms with Crippen molar-refractivity contribution in [1.29, 1.82) is 0 Å². The summed E-state index contributed by atoms with van der Waals surface area (Å²) >= 11 is 0. The van der Waals surface area contributed by atoms with E-state index in [4.69, 9.17) is 0 Å². The molecular weight excluding hydrogens is 578 g/mol. The van der Waals surface area contributed by atoms with Gasteiger partial charge in [-0.3, -0.25) is 14.4 Å². The van der Waals surface area contributed by atoms with Crippen LogP contribution in [0, 0.1) is 5.92 Å². The van der Waals surface area contributed by atoms with Crippen molar-refractivity contribution in [3.8, 4) is 0 Å². The topological polar surface area (TPSA) is 101 Å². The van der Waals surface area contributed by atoms with Gasteiger partial charge in [0, 0.05) is 43.1 Å². The molecule has 0 bridgehead atoms. The summed E-state index contributed by atoms with van der Waals surface area (Å²) in [6.45, 7) is 3.06. The minimum absolute atomic E-state index is 0.0979. The first-order valence-corrected chi connectivity index (χ1v) is 16.5. The molecule has 240 valence electrons. The van der Waals surface area contributed by atoms with Crippen LogP contribution in [-0.4, -0.2) is 52.0 Å². The molecule has 46 heavy (non-hydrogen) atoms. The second-order valence-electron chi connectivity index (χ2n) is 12.8. The fourth-order valence-corrected chi connectivity index (χ4v) is 7.17. The van der Waals surface area contributed by atoms with Crippen molar-refractivity contribution in [3.63, 3.8) is 0 Å². The van der Waals surface area contributed by atoms with E-state index in [9.17, 15) is 24.6 Å². The van der Waals surface area contributed by atoms with Crippen LogP contribution >= 0.6 is 0 Å². The van der Waals surface area contributed by atoms with Crippen LogP contribution in [0.1, 0.15) is 67.7 Å². The molecular formula is C38H43N3O5. The Labute approximate surface area is 270 Å². The van der Waals surface area contributed by atoms with Gasteiger partial charge in [0.25, 0.3) is 5.91 Å². The van der Waals surface area contributed by atoms with E-state index in [0.29, 0.717) is 37.2 Å². The normalized spacial score (nSPS) is 22.4. The summed E-state index contributed by atoms with van der Waals surface area (Å²) in [7, 11) is 0. The number of hydrogen-bond acceptors (Lipinski definition) is 5. The smallest absolute Gasteiger partial charge is 0.264 e. The quantitative estimate of drug-likeness (QED) is 0.335. The Bertz CT molecular complexity index is 1640. The van der Waals surface area contributed by atoms with E-state index in [2.05, 4.69) is 0 Å². The predicted molar refractivity (Wildman–Crippen MR) is 178 cm³/mol. The molecule has 6 rings (SSSR count). The highest BCUT2D eigenvalue weighted by molar-refractivity contribution is 6.07. The van der Waals surface area contributed by atoms with Gasteiger partial charge in [0.05, 0.1) is 24.9 Å². The van der Waals surface area contributed by atoms with Crippen LogP contribution in [0.15, 0.2) is 84.9 Å². The third kappa shape index (κ3) is 6.11. The van der Waals surface area contributed by atoms with Gasteiger partial charge in [-0.1, -0.05) is 86.5 Å². The van der Waals surface area contributed by atoms with Gasteiger partial charge in [-0.15, -0.1) is 0 Å². The minimum Gasteiger partial charge on any atom is -0.394 e. The van der Waals surface area contributed by atoms with Crippen molar-refractivity contribution in [2.45, 2.75) is 76.6 Å². The molecule has 0 unspecified atom stereocenters. The van der Waals surface area contributed by atoms with Crippen molar-refractivity contribution >= 4 is 29.1 Å². The molecule has 3 aromatic carbocycles.